The molecule has 0 aliphatic rings. The van der Waals surface area contributed by atoms with Crippen LogP contribution in [0.1, 0.15) is 20.8 Å². The van der Waals surface area contributed by atoms with Crippen molar-refractivity contribution in [1.82, 2.24) is 0 Å². The molecule has 0 aliphatic carbocycles. The Bertz CT molecular complexity index is 282. The van der Waals surface area contributed by atoms with Crippen LogP contribution in [0.15, 0.2) is 0 Å². The molecule has 0 saturated carbocycles. The normalized spacial score (nSPS) is 24.2. The zero-order valence-electron chi connectivity index (χ0n) is 10.8. The Balaban J connectivity index is 4.97. The van der Waals surface area contributed by atoms with Crippen molar-refractivity contribution in [3.8, 4) is 0 Å². The van der Waals surface area contributed by atoms with Crippen LogP contribution >= 0.6 is 77.4 Å². The van der Waals surface area contributed by atoms with Crippen LogP contribution in [0.3, 0.4) is 0 Å². The van der Waals surface area contributed by atoms with Crippen molar-refractivity contribution >= 4 is 77.4 Å². The van der Waals surface area contributed by atoms with Gasteiger partial charge in [-0.25, -0.2) is 4.57 Å². The topological polar surface area (TPSA) is 44.8 Å². The highest BCUT2D eigenvalue weighted by atomic mass is 35.5. The van der Waals surface area contributed by atoms with E-state index in [0.29, 0.717) is 0 Å². The maximum absolute atomic E-state index is 12.5. The van der Waals surface area contributed by atoms with Crippen LogP contribution in [-0.2, 0) is 18.1 Å². The molecular weight excluding hydrogens is 416 g/mol. The minimum atomic E-state index is -4.20. The van der Waals surface area contributed by atoms with E-state index in [2.05, 4.69) is 0 Å². The van der Waals surface area contributed by atoms with E-state index < -0.39 is 40.6 Å². The van der Waals surface area contributed by atoms with Gasteiger partial charge < -0.3 is 0 Å². The lowest BCUT2D eigenvalue weighted by Gasteiger charge is -2.26. The van der Waals surface area contributed by atoms with Crippen LogP contribution in [-0.4, -0.2) is 32.8 Å². The molecule has 0 aromatic carbocycles. The zero-order chi connectivity index (χ0) is 16.1. The van der Waals surface area contributed by atoms with Gasteiger partial charge in [0.25, 0.3) is 0 Å². The third-order valence-electron chi connectivity index (χ3n) is 1.77. The summed E-state index contributed by atoms with van der Waals surface area (Å²) in [6, 6.07) is 0. The predicted octanol–water partition coefficient (Wildman–Crippen LogP) is 5.72. The fourth-order valence-corrected chi connectivity index (χ4v) is 3.38. The summed E-state index contributed by atoms with van der Waals surface area (Å²) in [7, 11) is -4.20. The van der Waals surface area contributed by atoms with Crippen LogP contribution in [0.25, 0.3) is 0 Å². The second-order valence-corrected chi connectivity index (χ2v) is 8.73. The molecule has 122 valence electrons. The van der Waals surface area contributed by atoms with Crippen molar-refractivity contribution in [2.45, 2.75) is 53.6 Å². The summed E-state index contributed by atoms with van der Waals surface area (Å²) in [5, 5.41) is -2.00. The second-order valence-electron chi connectivity index (χ2n) is 3.85. The molecule has 0 aromatic heterocycles. The molecular formula is C9H15Cl6O4P. The molecule has 20 heavy (non-hydrogen) atoms. The summed E-state index contributed by atoms with van der Waals surface area (Å²) in [4.78, 5) is 0. The van der Waals surface area contributed by atoms with Crippen molar-refractivity contribution in [3.63, 3.8) is 0 Å². The molecule has 4 nitrogen and oxygen atoms in total. The standard InChI is InChI=1S/C9H15Cl6O4P/c1-4(10)7(13)17-20(16,18-8(14)5(2)11)19-9(15)6(3)12/h4-9H,1-3H3. The van der Waals surface area contributed by atoms with Gasteiger partial charge in [-0.2, -0.15) is 0 Å². The van der Waals surface area contributed by atoms with Gasteiger partial charge in [-0.15, -0.1) is 34.8 Å². The van der Waals surface area contributed by atoms with Gasteiger partial charge in [-0.05, 0) is 20.8 Å². The first-order valence-electron chi connectivity index (χ1n) is 5.48. The lowest BCUT2D eigenvalue weighted by molar-refractivity contribution is 0.0848. The molecule has 11 heteroatoms. The Labute approximate surface area is 148 Å². The number of phosphoric acid groups is 1. The fraction of sp³-hybridized carbons (Fsp3) is 1.00. The highest BCUT2D eigenvalue weighted by molar-refractivity contribution is 7.48. The minimum absolute atomic E-state index is 0.665. The molecule has 0 fully saturated rings. The molecule has 0 N–H and O–H groups in total. The van der Waals surface area contributed by atoms with Gasteiger partial charge in [0.05, 0.1) is 16.1 Å². The van der Waals surface area contributed by atoms with E-state index >= 15 is 0 Å². The number of rotatable bonds is 9. The molecule has 0 aliphatic heterocycles. The fourth-order valence-electron chi connectivity index (χ4n) is 0.696. The third-order valence-corrected chi connectivity index (χ3v) is 6.08. The summed E-state index contributed by atoms with van der Waals surface area (Å²) in [5.41, 5.74) is -3.44. The number of phosphoric ester groups is 1. The van der Waals surface area contributed by atoms with E-state index in [-0.39, 0.29) is 0 Å². The number of hydrogen-bond donors (Lipinski definition) is 0. The first kappa shape index (κ1) is 21.9. The van der Waals surface area contributed by atoms with E-state index in [0.717, 1.165) is 0 Å². The van der Waals surface area contributed by atoms with Gasteiger partial charge >= 0.3 is 7.82 Å². The summed E-state index contributed by atoms with van der Waals surface area (Å²) in [6.45, 7) is 4.61. The lowest BCUT2D eigenvalue weighted by atomic mass is 10.5. The van der Waals surface area contributed by atoms with Gasteiger partial charge in [0.2, 0.25) is 0 Å². The highest BCUT2D eigenvalue weighted by Crippen LogP contribution is 2.55. The van der Waals surface area contributed by atoms with Gasteiger partial charge in [0.15, 0.2) is 16.7 Å². The molecule has 0 radical (unpaired) electrons. The van der Waals surface area contributed by atoms with Gasteiger partial charge in [-0.3, -0.25) is 13.6 Å². The van der Waals surface area contributed by atoms with Gasteiger partial charge in [-0.1, -0.05) is 34.8 Å². The Kier molecular flexibility index (Phi) is 10.8. The molecule has 6 unspecified atom stereocenters. The van der Waals surface area contributed by atoms with Crippen LogP contribution in [0, 0.1) is 0 Å². The van der Waals surface area contributed by atoms with E-state index in [1.54, 1.807) is 0 Å². The third kappa shape index (κ3) is 8.47. The smallest absolute Gasteiger partial charge is 0.266 e. The van der Waals surface area contributed by atoms with Gasteiger partial charge in [0, 0.05) is 0 Å². The van der Waals surface area contributed by atoms with E-state index in [1.165, 1.54) is 20.8 Å². The molecule has 0 amide bonds. The van der Waals surface area contributed by atoms with E-state index in [9.17, 15) is 4.57 Å². The van der Waals surface area contributed by atoms with Gasteiger partial charge in [0.1, 0.15) is 0 Å². The summed E-state index contributed by atoms with van der Waals surface area (Å²) >= 11 is 34.5. The molecule has 0 heterocycles. The Hall–Kier alpha value is 1.85. The molecule has 0 spiro atoms. The Morgan fingerprint density at radius 3 is 1.00 bits per heavy atom. The average molecular weight is 431 g/mol. The first-order chi connectivity index (χ1) is 8.98. The lowest BCUT2D eigenvalue weighted by Crippen LogP contribution is -2.23. The number of hydrogen-bond acceptors (Lipinski definition) is 4. The quantitative estimate of drug-likeness (QED) is 0.346. The summed E-state index contributed by atoms with van der Waals surface area (Å²) in [6.07, 6.45) is 0. The maximum atomic E-state index is 12.5. The largest absolute Gasteiger partial charge is 0.479 e. The predicted molar refractivity (Wildman–Crippen MR) is 85.7 cm³/mol. The number of alkyl halides is 6. The van der Waals surface area contributed by atoms with Crippen molar-refractivity contribution < 1.29 is 18.1 Å². The van der Waals surface area contributed by atoms with Crippen LogP contribution in [0.2, 0.25) is 0 Å². The summed E-state index contributed by atoms with van der Waals surface area (Å²) < 4.78 is 27.5. The summed E-state index contributed by atoms with van der Waals surface area (Å²) in [5.74, 6) is 0. The van der Waals surface area contributed by atoms with Crippen molar-refractivity contribution in [3.05, 3.63) is 0 Å². The van der Waals surface area contributed by atoms with Crippen molar-refractivity contribution in [2.75, 3.05) is 0 Å². The average Bonchev–Trinajstić information content (AvgIpc) is 2.27. The monoisotopic (exact) mass is 428 g/mol. The van der Waals surface area contributed by atoms with E-state index in [4.69, 9.17) is 83.2 Å². The van der Waals surface area contributed by atoms with Crippen molar-refractivity contribution in [2.24, 2.45) is 0 Å². The van der Waals surface area contributed by atoms with Crippen molar-refractivity contribution in [1.29, 1.82) is 0 Å². The van der Waals surface area contributed by atoms with E-state index in [1.807, 2.05) is 0 Å². The van der Waals surface area contributed by atoms with Crippen LogP contribution in [0.4, 0.5) is 0 Å². The zero-order valence-corrected chi connectivity index (χ0v) is 16.2. The molecule has 6 atom stereocenters. The second kappa shape index (κ2) is 9.87. The molecule has 0 rings (SSSR count). The number of halogens is 6. The molecule has 0 aromatic rings. The van der Waals surface area contributed by atoms with Crippen LogP contribution in [0.5, 0.6) is 0 Å². The molecule has 0 bridgehead atoms. The Morgan fingerprint density at radius 1 is 0.650 bits per heavy atom. The minimum Gasteiger partial charge on any atom is -0.266 e. The first-order valence-corrected chi connectivity index (χ1v) is 9.56. The highest BCUT2D eigenvalue weighted by Gasteiger charge is 2.39. The molecule has 0 saturated heterocycles. The maximum Gasteiger partial charge on any atom is 0.479 e. The Morgan fingerprint density at radius 2 is 0.850 bits per heavy atom. The SMILES string of the molecule is CC(Cl)C(Cl)OP(=O)(OC(Cl)C(C)Cl)OC(Cl)C(C)Cl. The van der Waals surface area contributed by atoms with Crippen LogP contribution < -0.4 is 0 Å².